The van der Waals surface area contributed by atoms with Gasteiger partial charge in [0.15, 0.2) is 0 Å². The first-order valence-corrected chi connectivity index (χ1v) is 4.80. The maximum atomic E-state index is 11.5. The lowest BCUT2D eigenvalue weighted by atomic mass is 10.2. The topological polar surface area (TPSA) is 80.9 Å². The van der Waals surface area contributed by atoms with Gasteiger partial charge in [-0.15, -0.1) is 0 Å². The van der Waals surface area contributed by atoms with E-state index in [4.69, 9.17) is 5.73 Å². The first kappa shape index (κ1) is 10.2. The third kappa shape index (κ3) is 2.03. The number of nitrogens with zero attached hydrogens (tertiary/aromatic N) is 1. The van der Waals surface area contributed by atoms with Crippen molar-refractivity contribution in [3.05, 3.63) is 62.8 Å². The van der Waals surface area contributed by atoms with E-state index in [1.165, 1.54) is 6.07 Å². The lowest BCUT2D eigenvalue weighted by molar-refractivity contribution is 0.701. The molecule has 2 rings (SSSR count). The highest BCUT2D eigenvalue weighted by molar-refractivity contribution is 5.24. The molecule has 82 valence electrons. The lowest BCUT2D eigenvalue weighted by Crippen LogP contribution is -2.35. The average Bonchev–Trinajstić information content (AvgIpc) is 2.25. The van der Waals surface area contributed by atoms with Crippen LogP contribution in [-0.2, 0) is 6.54 Å². The highest BCUT2D eigenvalue weighted by atomic mass is 16.2. The van der Waals surface area contributed by atoms with Crippen LogP contribution < -0.4 is 17.0 Å². The Morgan fingerprint density at radius 1 is 1.19 bits per heavy atom. The van der Waals surface area contributed by atoms with Crippen LogP contribution in [0.5, 0.6) is 0 Å². The minimum Gasteiger partial charge on any atom is -0.385 e. The molecule has 2 aromatic rings. The van der Waals surface area contributed by atoms with Crippen molar-refractivity contribution in [2.24, 2.45) is 0 Å². The van der Waals surface area contributed by atoms with Crippen molar-refractivity contribution < 1.29 is 0 Å². The van der Waals surface area contributed by atoms with E-state index >= 15 is 0 Å². The first-order valence-electron chi connectivity index (χ1n) is 4.80. The van der Waals surface area contributed by atoms with Gasteiger partial charge in [-0.1, -0.05) is 30.3 Å². The summed E-state index contributed by atoms with van der Waals surface area (Å²) in [5.74, 6) is 0.0827. The summed E-state index contributed by atoms with van der Waals surface area (Å²) in [6.45, 7) is 0.245. The van der Waals surface area contributed by atoms with Crippen molar-refractivity contribution in [2.45, 2.75) is 6.54 Å². The van der Waals surface area contributed by atoms with Gasteiger partial charge in [0.25, 0.3) is 5.56 Å². The number of benzene rings is 1. The van der Waals surface area contributed by atoms with Crippen LogP contribution in [0, 0.1) is 0 Å². The van der Waals surface area contributed by atoms with Crippen LogP contribution in [0.4, 0.5) is 5.82 Å². The average molecular weight is 217 g/mol. The van der Waals surface area contributed by atoms with E-state index < -0.39 is 11.2 Å². The maximum Gasteiger partial charge on any atom is 0.330 e. The molecule has 3 N–H and O–H groups in total. The standard InChI is InChI=1S/C11H11N3O2/c12-9-6-10(15)14(11(16)13-9)7-8-4-2-1-3-5-8/h1-6H,7,12H2,(H,13,16). The van der Waals surface area contributed by atoms with Gasteiger partial charge >= 0.3 is 5.69 Å². The molecule has 1 heterocycles. The number of H-pyrrole nitrogens is 1. The monoisotopic (exact) mass is 217 g/mol. The van der Waals surface area contributed by atoms with Crippen molar-refractivity contribution in [3.63, 3.8) is 0 Å². The van der Waals surface area contributed by atoms with Crippen molar-refractivity contribution in [2.75, 3.05) is 5.73 Å². The SMILES string of the molecule is Nc1cc(=O)n(Cc2ccccc2)c(=O)[nH]1. The molecule has 5 heteroatoms. The van der Waals surface area contributed by atoms with Gasteiger partial charge in [-0.05, 0) is 5.56 Å². The number of nitrogens with two attached hydrogens (primary N) is 1. The van der Waals surface area contributed by atoms with Crippen LogP contribution in [0.3, 0.4) is 0 Å². The van der Waals surface area contributed by atoms with Crippen LogP contribution in [0.2, 0.25) is 0 Å². The molecule has 0 saturated carbocycles. The fraction of sp³-hybridized carbons (Fsp3) is 0.0909. The molecule has 0 atom stereocenters. The number of hydrogen-bond donors (Lipinski definition) is 2. The lowest BCUT2D eigenvalue weighted by Gasteiger charge is -2.04. The molecule has 0 aliphatic carbocycles. The Kier molecular flexibility index (Phi) is 2.59. The Hall–Kier alpha value is -2.30. The van der Waals surface area contributed by atoms with Crippen molar-refractivity contribution in [1.29, 1.82) is 0 Å². The Balaban J connectivity index is 2.44. The second-order valence-corrected chi connectivity index (χ2v) is 3.44. The second-order valence-electron chi connectivity index (χ2n) is 3.44. The van der Waals surface area contributed by atoms with Crippen LogP contribution in [0.25, 0.3) is 0 Å². The summed E-state index contributed by atoms with van der Waals surface area (Å²) < 4.78 is 1.10. The van der Waals surface area contributed by atoms with E-state index in [0.717, 1.165) is 10.1 Å². The third-order valence-corrected chi connectivity index (χ3v) is 2.22. The zero-order valence-corrected chi connectivity index (χ0v) is 8.51. The van der Waals surface area contributed by atoms with E-state index in [0.29, 0.717) is 0 Å². The molecule has 5 nitrogen and oxygen atoms in total. The van der Waals surface area contributed by atoms with Crippen molar-refractivity contribution in [3.8, 4) is 0 Å². The number of aromatic nitrogens is 2. The van der Waals surface area contributed by atoms with Crippen LogP contribution in [-0.4, -0.2) is 9.55 Å². The Bertz CT molecular complexity index is 567. The zero-order valence-electron chi connectivity index (χ0n) is 8.51. The molecule has 0 unspecified atom stereocenters. The summed E-state index contributed by atoms with van der Waals surface area (Å²) in [4.78, 5) is 25.4. The molecule has 0 amide bonds. The number of rotatable bonds is 2. The Labute approximate surface area is 91.2 Å². The molecule has 0 fully saturated rings. The Morgan fingerprint density at radius 2 is 1.88 bits per heavy atom. The maximum absolute atomic E-state index is 11.5. The Morgan fingerprint density at radius 3 is 2.50 bits per heavy atom. The number of hydrogen-bond acceptors (Lipinski definition) is 3. The van der Waals surface area contributed by atoms with Gasteiger partial charge in [-0.2, -0.15) is 0 Å². The van der Waals surface area contributed by atoms with Gasteiger partial charge in [0, 0.05) is 6.07 Å². The van der Waals surface area contributed by atoms with Crippen molar-refractivity contribution in [1.82, 2.24) is 9.55 Å². The molecule has 0 aliphatic rings. The van der Waals surface area contributed by atoms with Crippen LogP contribution in [0.1, 0.15) is 5.56 Å². The zero-order chi connectivity index (χ0) is 11.5. The predicted octanol–water partition coefficient (Wildman–Crippen LogP) is 0.167. The molecule has 0 bridgehead atoms. The van der Waals surface area contributed by atoms with Crippen molar-refractivity contribution >= 4 is 5.82 Å². The molecule has 1 aromatic carbocycles. The first-order chi connectivity index (χ1) is 7.66. The van der Waals surface area contributed by atoms with Gasteiger partial charge in [-0.3, -0.25) is 14.3 Å². The number of nitrogen functional groups attached to an aromatic ring is 1. The minimum absolute atomic E-state index is 0.0827. The van der Waals surface area contributed by atoms with Gasteiger partial charge < -0.3 is 5.73 Å². The highest BCUT2D eigenvalue weighted by Crippen LogP contribution is 1.98. The van der Waals surface area contributed by atoms with E-state index in [-0.39, 0.29) is 12.4 Å². The normalized spacial score (nSPS) is 10.2. The summed E-state index contributed by atoms with van der Waals surface area (Å²) in [5.41, 5.74) is 5.35. The van der Waals surface area contributed by atoms with Gasteiger partial charge in [-0.25, -0.2) is 4.79 Å². The summed E-state index contributed by atoms with van der Waals surface area (Å²) in [7, 11) is 0. The van der Waals surface area contributed by atoms with E-state index in [1.54, 1.807) is 0 Å². The second kappa shape index (κ2) is 4.06. The summed E-state index contributed by atoms with van der Waals surface area (Å²) in [6, 6.07) is 10.5. The molecule has 0 spiro atoms. The summed E-state index contributed by atoms with van der Waals surface area (Å²) in [5, 5.41) is 0. The van der Waals surface area contributed by atoms with Gasteiger partial charge in [0.2, 0.25) is 0 Å². The summed E-state index contributed by atoms with van der Waals surface area (Å²) in [6.07, 6.45) is 0. The molecule has 0 saturated heterocycles. The molecule has 1 aromatic heterocycles. The number of anilines is 1. The number of nitrogens with one attached hydrogen (secondary N) is 1. The number of aromatic amines is 1. The molecular weight excluding hydrogens is 206 g/mol. The quantitative estimate of drug-likeness (QED) is 0.752. The summed E-state index contributed by atoms with van der Waals surface area (Å²) >= 11 is 0. The smallest absolute Gasteiger partial charge is 0.330 e. The van der Waals surface area contributed by atoms with Gasteiger partial charge in [0.1, 0.15) is 5.82 Å². The fourth-order valence-corrected chi connectivity index (χ4v) is 1.45. The van der Waals surface area contributed by atoms with Crippen LogP contribution >= 0.6 is 0 Å². The van der Waals surface area contributed by atoms with Crippen LogP contribution in [0.15, 0.2) is 46.0 Å². The fourth-order valence-electron chi connectivity index (χ4n) is 1.45. The molecule has 0 radical (unpaired) electrons. The molecule has 16 heavy (non-hydrogen) atoms. The van der Waals surface area contributed by atoms with E-state index in [9.17, 15) is 9.59 Å². The predicted molar refractivity (Wildman–Crippen MR) is 61.3 cm³/mol. The van der Waals surface area contributed by atoms with E-state index in [2.05, 4.69) is 4.98 Å². The highest BCUT2D eigenvalue weighted by Gasteiger charge is 2.02. The van der Waals surface area contributed by atoms with Gasteiger partial charge in [0.05, 0.1) is 6.54 Å². The minimum atomic E-state index is -0.492. The largest absolute Gasteiger partial charge is 0.385 e. The third-order valence-electron chi connectivity index (χ3n) is 2.22. The molecular formula is C11H11N3O2. The van der Waals surface area contributed by atoms with E-state index in [1.807, 2.05) is 30.3 Å². The molecule has 0 aliphatic heterocycles.